The Balaban J connectivity index is 1.42. The minimum Gasteiger partial charge on any atom is -0.489 e. The van der Waals surface area contributed by atoms with Gasteiger partial charge in [0.05, 0.1) is 39.1 Å². The minimum absolute atomic E-state index is 0.0459. The monoisotopic (exact) mass is 519 g/mol. The van der Waals surface area contributed by atoms with Gasteiger partial charge in [-0.3, -0.25) is 14.4 Å². The van der Waals surface area contributed by atoms with Crippen LogP contribution >= 0.6 is 11.6 Å². The number of hydrogen-bond donors (Lipinski definition) is 1. The van der Waals surface area contributed by atoms with Crippen molar-refractivity contribution in [2.24, 2.45) is 5.92 Å². The zero-order chi connectivity index (χ0) is 24.7. The van der Waals surface area contributed by atoms with Crippen LogP contribution in [0.25, 0.3) is 11.0 Å². The van der Waals surface area contributed by atoms with E-state index in [1.165, 1.54) is 17.0 Å². The molecule has 0 radical (unpaired) electrons. The van der Waals surface area contributed by atoms with Crippen LogP contribution in [0.1, 0.15) is 45.1 Å². The maximum atomic E-state index is 15.0. The summed E-state index contributed by atoms with van der Waals surface area (Å²) in [4.78, 5) is 15.0. The van der Waals surface area contributed by atoms with Gasteiger partial charge in [-0.1, -0.05) is 30.6 Å². The number of amides is 1. The number of fused-ring (bicyclic) bond motifs is 3. The first-order valence-electron chi connectivity index (χ1n) is 11.5. The van der Waals surface area contributed by atoms with Gasteiger partial charge < -0.3 is 9.26 Å². The van der Waals surface area contributed by atoms with Crippen molar-refractivity contribution < 1.29 is 26.9 Å². The number of ether oxygens (including phenoxy) is 1. The van der Waals surface area contributed by atoms with Crippen LogP contribution in [0.4, 0.5) is 21.6 Å². The first kappa shape index (κ1) is 22.6. The summed E-state index contributed by atoms with van der Waals surface area (Å²) in [6, 6.07) is 6.16. The normalized spacial score (nSPS) is 18.5. The van der Waals surface area contributed by atoms with E-state index in [0.717, 1.165) is 5.56 Å². The van der Waals surface area contributed by atoms with Gasteiger partial charge in [-0.15, -0.1) is 0 Å². The van der Waals surface area contributed by atoms with Crippen molar-refractivity contribution in [3.05, 3.63) is 40.7 Å². The average Bonchev–Trinajstić information content (AvgIpc) is 3.70. The summed E-state index contributed by atoms with van der Waals surface area (Å²) >= 11 is 6.35. The topological polar surface area (TPSA) is 102 Å². The number of benzene rings is 2. The van der Waals surface area contributed by atoms with E-state index in [1.807, 2.05) is 13.8 Å². The average molecular weight is 520 g/mol. The molecule has 3 aliphatic rings. The van der Waals surface area contributed by atoms with Crippen molar-refractivity contribution >= 4 is 55.7 Å². The second-order valence-corrected chi connectivity index (χ2v) is 12.3. The van der Waals surface area contributed by atoms with Crippen LogP contribution in [0.3, 0.4) is 0 Å². The number of aromatic nitrogens is 1. The number of rotatable bonds is 7. The second kappa shape index (κ2) is 7.57. The molecule has 6 rings (SSSR count). The van der Waals surface area contributed by atoms with Crippen molar-refractivity contribution in [2.45, 2.75) is 50.2 Å². The lowest BCUT2D eigenvalue weighted by Gasteiger charge is -2.20. The van der Waals surface area contributed by atoms with Crippen LogP contribution in [0.15, 0.2) is 28.8 Å². The molecule has 1 amide bonds. The fourth-order valence-electron chi connectivity index (χ4n) is 4.58. The number of hydrogen-bond acceptors (Lipinski definition) is 6. The highest BCUT2D eigenvalue weighted by molar-refractivity contribution is 7.93. The Labute approximate surface area is 206 Å². The maximum absolute atomic E-state index is 15.0. The largest absolute Gasteiger partial charge is 0.489 e. The maximum Gasteiger partial charge on any atom is 0.242 e. The van der Waals surface area contributed by atoms with E-state index in [2.05, 4.69) is 9.88 Å². The Morgan fingerprint density at radius 3 is 2.66 bits per heavy atom. The Hall–Kier alpha value is -2.85. The molecule has 1 aliphatic heterocycles. The van der Waals surface area contributed by atoms with E-state index < -0.39 is 26.5 Å². The highest BCUT2D eigenvalue weighted by Gasteiger charge is 2.60. The van der Waals surface area contributed by atoms with Crippen molar-refractivity contribution in [1.29, 1.82) is 0 Å². The third kappa shape index (κ3) is 3.57. The van der Waals surface area contributed by atoms with Gasteiger partial charge in [0.25, 0.3) is 0 Å². The van der Waals surface area contributed by atoms with Crippen LogP contribution in [0, 0.1) is 11.7 Å². The summed E-state index contributed by atoms with van der Waals surface area (Å²) in [5.41, 5.74) is 1.15. The summed E-state index contributed by atoms with van der Waals surface area (Å²) in [5, 5.41) is 4.07. The van der Waals surface area contributed by atoms with Gasteiger partial charge in [0.2, 0.25) is 15.9 Å². The van der Waals surface area contributed by atoms with Crippen LogP contribution < -0.4 is 14.4 Å². The first-order valence-corrected chi connectivity index (χ1v) is 13.4. The highest BCUT2D eigenvalue weighted by Crippen LogP contribution is 2.60. The molecule has 0 atom stereocenters. The first-order chi connectivity index (χ1) is 16.6. The highest BCUT2D eigenvalue weighted by atomic mass is 35.5. The number of sulfonamides is 1. The Morgan fingerprint density at radius 2 is 2.03 bits per heavy atom. The van der Waals surface area contributed by atoms with Gasteiger partial charge in [0.1, 0.15) is 0 Å². The molecule has 11 heteroatoms. The molecule has 2 saturated carbocycles. The van der Waals surface area contributed by atoms with Crippen LogP contribution in [-0.2, 0) is 20.2 Å². The molecule has 1 aromatic heterocycles. The standard InChI is InChI=1S/C24H23ClFN3O5S/c1-12(2)11-33-21-17(25)7-13(8-18(21)26)29-19-10-20-15(9-16(19)24(5-6-24)23(29)30)22(27-34-20)28-35(31,32)14-3-4-14/h7-10,12,14H,3-6,11H2,1-2H3,(H,27,28). The van der Waals surface area contributed by atoms with E-state index in [0.29, 0.717) is 48.9 Å². The molecule has 184 valence electrons. The molecule has 8 nitrogen and oxygen atoms in total. The molecule has 0 saturated heterocycles. The van der Waals surface area contributed by atoms with Gasteiger partial charge in [0.15, 0.2) is 23.0 Å². The molecule has 2 aliphatic carbocycles. The summed E-state index contributed by atoms with van der Waals surface area (Å²) < 4.78 is 53.3. The lowest BCUT2D eigenvalue weighted by atomic mass is 9.96. The molecule has 1 N–H and O–H groups in total. The number of nitrogens with one attached hydrogen (secondary N) is 1. The van der Waals surface area contributed by atoms with Gasteiger partial charge in [-0.2, -0.15) is 0 Å². The predicted molar refractivity (Wildman–Crippen MR) is 129 cm³/mol. The fourth-order valence-corrected chi connectivity index (χ4v) is 6.18. The second-order valence-electron chi connectivity index (χ2n) is 9.91. The lowest BCUT2D eigenvalue weighted by molar-refractivity contribution is -0.119. The van der Waals surface area contributed by atoms with Crippen molar-refractivity contribution in [1.82, 2.24) is 5.16 Å². The molecule has 2 fully saturated rings. The summed E-state index contributed by atoms with van der Waals surface area (Å²) in [7, 11) is -3.54. The summed E-state index contributed by atoms with van der Waals surface area (Å²) in [5.74, 6) is -0.585. The van der Waals surface area contributed by atoms with E-state index in [1.54, 1.807) is 12.1 Å². The van der Waals surface area contributed by atoms with Gasteiger partial charge in [-0.05, 0) is 49.3 Å². The van der Waals surface area contributed by atoms with E-state index in [4.69, 9.17) is 20.9 Å². The van der Waals surface area contributed by atoms with Crippen molar-refractivity contribution in [2.75, 3.05) is 16.2 Å². The van der Waals surface area contributed by atoms with Crippen LogP contribution in [0.2, 0.25) is 5.02 Å². The van der Waals surface area contributed by atoms with E-state index >= 15 is 0 Å². The van der Waals surface area contributed by atoms with Crippen LogP contribution in [0.5, 0.6) is 5.75 Å². The number of halogens is 2. The smallest absolute Gasteiger partial charge is 0.242 e. The van der Waals surface area contributed by atoms with Gasteiger partial charge >= 0.3 is 0 Å². The number of carbonyl (C=O) groups is 1. The molecule has 2 heterocycles. The van der Waals surface area contributed by atoms with Crippen LogP contribution in [-0.4, -0.2) is 31.3 Å². The zero-order valence-corrected chi connectivity index (χ0v) is 20.7. The quantitative estimate of drug-likeness (QED) is 0.456. The number of anilines is 3. The Kier molecular flexibility index (Phi) is 4.89. The third-order valence-electron chi connectivity index (χ3n) is 6.71. The van der Waals surface area contributed by atoms with E-state index in [9.17, 15) is 17.6 Å². The number of nitrogens with zero attached hydrogens (tertiary/aromatic N) is 2. The van der Waals surface area contributed by atoms with Crippen molar-refractivity contribution in [3.8, 4) is 5.75 Å². The summed E-state index contributed by atoms with van der Waals surface area (Å²) in [6.45, 7) is 4.20. The lowest BCUT2D eigenvalue weighted by Crippen LogP contribution is -2.28. The zero-order valence-electron chi connectivity index (χ0n) is 19.1. The summed E-state index contributed by atoms with van der Waals surface area (Å²) in [6.07, 6.45) is 2.52. The molecule has 35 heavy (non-hydrogen) atoms. The Morgan fingerprint density at radius 1 is 1.29 bits per heavy atom. The molecule has 0 unspecified atom stereocenters. The predicted octanol–water partition coefficient (Wildman–Crippen LogP) is 5.27. The molecule has 0 bridgehead atoms. The SMILES string of the molecule is CC(C)COc1c(F)cc(N2C(=O)C3(CC3)c3cc4c(NS(=O)(=O)C5CC5)noc4cc32)cc1Cl. The molecule has 2 aromatic carbocycles. The molecule has 1 spiro atoms. The minimum atomic E-state index is -3.54. The molecule has 3 aromatic rings. The Bertz CT molecular complexity index is 1470. The fraction of sp³-hybridized carbons (Fsp3) is 0.417. The third-order valence-corrected chi connectivity index (χ3v) is 8.82. The van der Waals surface area contributed by atoms with E-state index in [-0.39, 0.29) is 34.1 Å². The van der Waals surface area contributed by atoms with Gasteiger partial charge in [0, 0.05) is 12.1 Å². The van der Waals surface area contributed by atoms with Crippen molar-refractivity contribution in [3.63, 3.8) is 0 Å². The molecular weight excluding hydrogens is 497 g/mol. The van der Waals surface area contributed by atoms with Gasteiger partial charge in [-0.25, -0.2) is 12.8 Å². The number of carbonyl (C=O) groups excluding carboxylic acids is 1. The molecular formula is C24H23ClFN3O5S.